The van der Waals surface area contributed by atoms with Gasteiger partial charge in [-0.2, -0.15) is 0 Å². The van der Waals surface area contributed by atoms with Crippen LogP contribution in [0.25, 0.3) is 0 Å². The number of rotatable bonds is 6. The summed E-state index contributed by atoms with van der Waals surface area (Å²) in [5.41, 5.74) is 2.28. The van der Waals surface area contributed by atoms with E-state index in [-0.39, 0.29) is 18.5 Å². The highest BCUT2D eigenvalue weighted by atomic mass is 16.4. The summed E-state index contributed by atoms with van der Waals surface area (Å²) in [5.74, 6) is -0.833. The standard InChI is InChI=1S/C16H24N2O3/c1-10(2)12(4)17-14-8-6-7-13(11(14)3)16(21)18(5)9-15(19)20/h6-8,10,12,17H,9H2,1-5H3,(H,19,20). The van der Waals surface area contributed by atoms with Crippen LogP contribution < -0.4 is 5.32 Å². The van der Waals surface area contributed by atoms with Gasteiger partial charge >= 0.3 is 5.97 Å². The Bertz CT molecular complexity index is 526. The third kappa shape index (κ3) is 4.48. The number of amides is 1. The van der Waals surface area contributed by atoms with Crippen molar-refractivity contribution >= 4 is 17.6 Å². The van der Waals surface area contributed by atoms with Crippen LogP contribution in [0, 0.1) is 12.8 Å². The second-order valence-electron chi connectivity index (χ2n) is 5.71. The van der Waals surface area contributed by atoms with Crippen LogP contribution in [0.4, 0.5) is 5.69 Å². The maximum Gasteiger partial charge on any atom is 0.323 e. The van der Waals surface area contributed by atoms with Gasteiger partial charge < -0.3 is 15.3 Å². The molecular weight excluding hydrogens is 268 g/mol. The van der Waals surface area contributed by atoms with Gasteiger partial charge in [-0.05, 0) is 37.5 Å². The third-order valence-corrected chi connectivity index (χ3v) is 3.67. The minimum Gasteiger partial charge on any atom is -0.480 e. The maximum atomic E-state index is 12.3. The first-order valence-corrected chi connectivity index (χ1v) is 7.07. The minimum absolute atomic E-state index is 0.282. The molecule has 0 radical (unpaired) electrons. The van der Waals surface area contributed by atoms with Crippen molar-refractivity contribution in [3.63, 3.8) is 0 Å². The van der Waals surface area contributed by atoms with Crippen LogP contribution in [-0.4, -0.2) is 41.5 Å². The van der Waals surface area contributed by atoms with Gasteiger partial charge in [0.15, 0.2) is 0 Å². The molecule has 5 heteroatoms. The van der Waals surface area contributed by atoms with Crippen molar-refractivity contribution in [2.75, 3.05) is 18.9 Å². The minimum atomic E-state index is -1.02. The van der Waals surface area contributed by atoms with Gasteiger partial charge in [0, 0.05) is 24.3 Å². The first-order valence-electron chi connectivity index (χ1n) is 7.07. The molecule has 1 unspecified atom stereocenters. The quantitative estimate of drug-likeness (QED) is 0.845. The van der Waals surface area contributed by atoms with Gasteiger partial charge in [0.25, 0.3) is 5.91 Å². The lowest BCUT2D eigenvalue weighted by Crippen LogP contribution is -2.32. The molecule has 0 saturated carbocycles. The van der Waals surface area contributed by atoms with Crippen molar-refractivity contribution in [1.82, 2.24) is 4.90 Å². The molecule has 0 bridgehead atoms. The molecule has 0 aliphatic rings. The molecule has 1 amide bonds. The molecule has 1 aromatic carbocycles. The molecule has 2 N–H and O–H groups in total. The predicted molar refractivity (Wildman–Crippen MR) is 83.7 cm³/mol. The van der Waals surface area contributed by atoms with Crippen LogP contribution in [0.15, 0.2) is 18.2 Å². The molecular formula is C16H24N2O3. The van der Waals surface area contributed by atoms with Crippen molar-refractivity contribution < 1.29 is 14.7 Å². The Labute approximate surface area is 126 Å². The van der Waals surface area contributed by atoms with E-state index in [9.17, 15) is 9.59 Å². The molecule has 0 saturated heterocycles. The highest BCUT2D eigenvalue weighted by molar-refractivity contribution is 5.98. The number of carbonyl (C=O) groups excluding carboxylic acids is 1. The van der Waals surface area contributed by atoms with Crippen LogP contribution in [0.3, 0.4) is 0 Å². The van der Waals surface area contributed by atoms with E-state index in [1.165, 1.54) is 11.9 Å². The van der Waals surface area contributed by atoms with Crippen LogP contribution in [0.1, 0.15) is 36.7 Å². The largest absolute Gasteiger partial charge is 0.480 e. The summed E-state index contributed by atoms with van der Waals surface area (Å²) in [5, 5.41) is 12.2. The zero-order chi connectivity index (χ0) is 16.2. The number of nitrogens with zero attached hydrogens (tertiary/aromatic N) is 1. The van der Waals surface area contributed by atoms with E-state index in [4.69, 9.17) is 5.11 Å². The number of anilines is 1. The monoisotopic (exact) mass is 292 g/mol. The van der Waals surface area contributed by atoms with Gasteiger partial charge in [0.1, 0.15) is 6.54 Å². The highest BCUT2D eigenvalue weighted by Gasteiger charge is 2.18. The van der Waals surface area contributed by atoms with Crippen molar-refractivity contribution in [1.29, 1.82) is 0 Å². The van der Waals surface area contributed by atoms with E-state index < -0.39 is 5.97 Å². The normalized spacial score (nSPS) is 12.1. The Hall–Kier alpha value is -2.04. The van der Waals surface area contributed by atoms with Crippen LogP contribution in [0.5, 0.6) is 0 Å². The fraction of sp³-hybridized carbons (Fsp3) is 0.500. The van der Waals surface area contributed by atoms with Gasteiger partial charge in [0.2, 0.25) is 0 Å². The number of hydrogen-bond acceptors (Lipinski definition) is 3. The zero-order valence-corrected chi connectivity index (χ0v) is 13.3. The number of aliphatic carboxylic acids is 1. The molecule has 1 atom stereocenters. The molecule has 1 aromatic rings. The number of carboxylic acids is 1. The van der Waals surface area contributed by atoms with E-state index >= 15 is 0 Å². The van der Waals surface area contributed by atoms with E-state index in [0.717, 1.165) is 11.3 Å². The fourth-order valence-electron chi connectivity index (χ4n) is 1.92. The Morgan fingerprint density at radius 2 is 1.90 bits per heavy atom. The molecule has 0 spiro atoms. The van der Waals surface area contributed by atoms with Crippen LogP contribution in [0.2, 0.25) is 0 Å². The van der Waals surface area contributed by atoms with Gasteiger partial charge in [-0.3, -0.25) is 9.59 Å². The number of hydrogen-bond donors (Lipinski definition) is 2. The number of benzene rings is 1. The number of likely N-dealkylation sites (N-methyl/N-ethyl adjacent to an activating group) is 1. The van der Waals surface area contributed by atoms with Crippen molar-refractivity contribution in [2.45, 2.75) is 33.7 Å². The summed E-state index contributed by atoms with van der Waals surface area (Å²) in [6, 6.07) is 5.75. The van der Waals surface area contributed by atoms with Crippen molar-refractivity contribution in [2.24, 2.45) is 5.92 Å². The molecule has 116 valence electrons. The predicted octanol–water partition coefficient (Wildman–Crippen LogP) is 2.61. The van der Waals surface area contributed by atoms with Gasteiger partial charge in [-0.15, -0.1) is 0 Å². The summed E-state index contributed by atoms with van der Waals surface area (Å²) >= 11 is 0. The first-order chi connectivity index (χ1) is 9.73. The van der Waals surface area contributed by atoms with Crippen LogP contribution in [-0.2, 0) is 4.79 Å². The zero-order valence-electron chi connectivity index (χ0n) is 13.3. The Morgan fingerprint density at radius 3 is 2.43 bits per heavy atom. The molecule has 0 aromatic heterocycles. The average Bonchev–Trinajstić information content (AvgIpc) is 2.39. The highest BCUT2D eigenvalue weighted by Crippen LogP contribution is 2.22. The molecule has 0 aliphatic carbocycles. The lowest BCUT2D eigenvalue weighted by molar-refractivity contribution is -0.137. The molecule has 0 heterocycles. The lowest BCUT2D eigenvalue weighted by Gasteiger charge is -2.22. The molecule has 5 nitrogen and oxygen atoms in total. The summed E-state index contributed by atoms with van der Waals surface area (Å²) in [6.07, 6.45) is 0. The van der Waals surface area contributed by atoms with Crippen LogP contribution >= 0.6 is 0 Å². The summed E-state index contributed by atoms with van der Waals surface area (Å²) in [6.45, 7) is 7.91. The second kappa shape index (κ2) is 7.11. The van der Waals surface area contributed by atoms with Crippen molar-refractivity contribution in [3.8, 4) is 0 Å². The summed E-state index contributed by atoms with van der Waals surface area (Å²) < 4.78 is 0. The van der Waals surface area contributed by atoms with Gasteiger partial charge in [0.05, 0.1) is 0 Å². The number of carboxylic acid groups (broad SMARTS) is 1. The van der Waals surface area contributed by atoms with E-state index in [1.807, 2.05) is 19.1 Å². The van der Waals surface area contributed by atoms with E-state index in [0.29, 0.717) is 11.5 Å². The summed E-state index contributed by atoms with van der Waals surface area (Å²) in [7, 11) is 1.49. The molecule has 0 aliphatic heterocycles. The van der Waals surface area contributed by atoms with Gasteiger partial charge in [-0.25, -0.2) is 0 Å². The molecule has 0 fully saturated rings. The van der Waals surface area contributed by atoms with Gasteiger partial charge in [-0.1, -0.05) is 19.9 Å². The smallest absolute Gasteiger partial charge is 0.323 e. The third-order valence-electron chi connectivity index (χ3n) is 3.67. The summed E-state index contributed by atoms with van der Waals surface area (Å²) in [4.78, 5) is 24.2. The molecule has 21 heavy (non-hydrogen) atoms. The Balaban J connectivity index is 2.99. The fourth-order valence-corrected chi connectivity index (χ4v) is 1.92. The topological polar surface area (TPSA) is 69.6 Å². The van der Waals surface area contributed by atoms with E-state index in [1.54, 1.807) is 6.07 Å². The number of carbonyl (C=O) groups is 2. The Morgan fingerprint density at radius 1 is 1.29 bits per heavy atom. The maximum absolute atomic E-state index is 12.3. The second-order valence-corrected chi connectivity index (χ2v) is 5.71. The van der Waals surface area contributed by atoms with E-state index in [2.05, 4.69) is 26.1 Å². The SMILES string of the molecule is Cc1c(NC(C)C(C)C)cccc1C(=O)N(C)CC(=O)O. The first kappa shape index (κ1) is 17.0. The lowest BCUT2D eigenvalue weighted by atomic mass is 10.0. The van der Waals surface area contributed by atoms with Crippen molar-refractivity contribution in [3.05, 3.63) is 29.3 Å². The molecule has 1 rings (SSSR count). The Kier molecular flexibility index (Phi) is 5.76. The number of nitrogens with one attached hydrogen (secondary N) is 1. The average molecular weight is 292 g/mol.